The van der Waals surface area contributed by atoms with Crippen molar-refractivity contribution in [3.05, 3.63) is 131 Å². The molecule has 0 spiro atoms. The Balaban J connectivity index is 0.000000141. The Kier molecular flexibility index (Phi) is 16.6. The number of benzene rings is 4. The van der Waals surface area contributed by atoms with Gasteiger partial charge in [0.05, 0.1) is 0 Å². The molecule has 73 heavy (non-hydrogen) atoms. The Labute approximate surface area is 463 Å². The summed E-state index contributed by atoms with van der Waals surface area (Å²) in [7, 11) is 0. The van der Waals surface area contributed by atoms with Crippen LogP contribution in [0.3, 0.4) is 0 Å². The summed E-state index contributed by atoms with van der Waals surface area (Å²) in [5, 5.41) is 5.77. The second-order valence-corrected chi connectivity index (χ2v) is 33.9. The minimum absolute atomic E-state index is 0. The molecule has 386 valence electrons. The van der Waals surface area contributed by atoms with Gasteiger partial charge in [-0.05, 0) is 170 Å². The van der Waals surface area contributed by atoms with Crippen LogP contribution in [0.25, 0.3) is 43.8 Å². The van der Waals surface area contributed by atoms with E-state index in [1.54, 1.807) is 22.3 Å². The molecule has 8 bridgehead atoms. The van der Waals surface area contributed by atoms with E-state index in [-0.39, 0.29) is 24.8 Å². The number of rotatable bonds is 10. The summed E-state index contributed by atoms with van der Waals surface area (Å²) < 4.78 is 34.3. The number of alkyl halides is 3. The summed E-state index contributed by atoms with van der Waals surface area (Å²) in [6, 6.07) is 43.8. The van der Waals surface area contributed by atoms with Crippen LogP contribution < -0.4 is 24.8 Å². The predicted molar refractivity (Wildman–Crippen MR) is 288 cm³/mol. The zero-order valence-electron chi connectivity index (χ0n) is 43.4. The average molecular weight is 1120 g/mol. The van der Waals surface area contributed by atoms with E-state index in [2.05, 4.69) is 109 Å². The van der Waals surface area contributed by atoms with Crippen molar-refractivity contribution >= 4 is 27.0 Å². The van der Waals surface area contributed by atoms with E-state index < -0.39 is 18.0 Å². The van der Waals surface area contributed by atoms with Gasteiger partial charge in [0.2, 0.25) is 0 Å². The molecule has 0 radical (unpaired) electrons. The van der Waals surface area contributed by atoms with Crippen molar-refractivity contribution in [1.82, 2.24) is 0 Å². The first-order chi connectivity index (χ1) is 34.4. The summed E-state index contributed by atoms with van der Waals surface area (Å²) >= 11 is 1.29. The summed E-state index contributed by atoms with van der Waals surface area (Å²) in [4.78, 5) is 0. The van der Waals surface area contributed by atoms with E-state index in [4.69, 9.17) is 0 Å². The molecule has 10 aliphatic rings. The van der Waals surface area contributed by atoms with Crippen LogP contribution in [-0.4, -0.2) is 11.6 Å². The quantitative estimate of drug-likeness (QED) is 0.0947. The fourth-order valence-electron chi connectivity index (χ4n) is 17.7. The second kappa shape index (κ2) is 22.5. The van der Waals surface area contributed by atoms with Crippen LogP contribution in [0.2, 0.25) is 12.6 Å². The van der Waals surface area contributed by atoms with Gasteiger partial charge in [-0.3, -0.25) is 0 Å². The first-order valence-electron chi connectivity index (χ1n) is 28.6. The molecule has 0 unspecified atom stereocenters. The van der Waals surface area contributed by atoms with Crippen molar-refractivity contribution < 1.29 is 61.3 Å². The van der Waals surface area contributed by atoms with Gasteiger partial charge in [0, 0.05) is 0 Å². The SMILES string of the molecule is C[Si](=[Zr+2])CCC(F)(F)F.[Cl-].[Cl-].c1cc(-c2ccc(C34CC5CC(CC(C5)C3)C4)cc2)c2cc(CC3CCCC3)[cH-]c2c1.c1cc(-c2ccc(C34CC5CC(CC(C5)C3)C4)cc2)c2cc(CC3CCCC3)[cH-]c2c1. The van der Waals surface area contributed by atoms with E-state index >= 15 is 0 Å². The molecule has 6 aromatic carbocycles. The molecule has 10 fully saturated rings. The van der Waals surface area contributed by atoms with E-state index in [1.807, 2.05) is 6.55 Å². The van der Waals surface area contributed by atoms with Crippen LogP contribution in [0.1, 0.15) is 157 Å². The Bertz CT molecular complexity index is 2570. The van der Waals surface area contributed by atoms with Crippen molar-refractivity contribution in [2.75, 3.05) is 0 Å². The van der Waals surface area contributed by atoms with Gasteiger partial charge in [0.1, 0.15) is 0 Å². The zero-order valence-corrected chi connectivity index (χ0v) is 48.3. The van der Waals surface area contributed by atoms with Crippen molar-refractivity contribution in [3.63, 3.8) is 0 Å². The summed E-state index contributed by atoms with van der Waals surface area (Å²) in [5.74, 6) is 7.93. The van der Waals surface area contributed by atoms with Crippen LogP contribution in [0.5, 0.6) is 0 Å². The molecule has 10 saturated carbocycles. The third-order valence-electron chi connectivity index (χ3n) is 20.1. The molecule has 0 nitrogen and oxygen atoms in total. The maximum atomic E-state index is 11.4. The van der Waals surface area contributed by atoms with E-state index in [0.717, 1.165) is 47.3 Å². The van der Waals surface area contributed by atoms with Gasteiger partial charge in [-0.15, -0.1) is 69.1 Å². The topological polar surface area (TPSA) is 0 Å². The average Bonchev–Trinajstić information content (AvgIpc) is 4.19. The molecule has 0 N–H and O–H groups in total. The standard InChI is InChI=1S/2C31H35.C4H7F3Si.2ClH.Zr/c2*1-2-5-21(4-1)12-22-16-27-6-3-7-29(30(27)17-22)26-8-10-28(11-9-26)31-18-23-13-24(19-31)15-25(14-23)20-31;1-8-3-2-4(5,6)7;;;/h2*3,6-11,16-17,21,23-25H,1-2,4-5,12-15,18-20H2;2-3H2,1H3;2*1H;/q2*-1;;;;+2/p-2. The van der Waals surface area contributed by atoms with Gasteiger partial charge in [-0.1, -0.05) is 123 Å². The number of hydrogen-bond acceptors (Lipinski definition) is 0. The van der Waals surface area contributed by atoms with Gasteiger partial charge in [-0.2, -0.15) is 12.1 Å². The molecular weight excluding hydrogens is 1040 g/mol. The van der Waals surface area contributed by atoms with E-state index in [1.165, 1.54) is 208 Å². The van der Waals surface area contributed by atoms with E-state index in [0.29, 0.717) is 16.9 Å². The molecule has 0 saturated heterocycles. The molecule has 0 atom stereocenters. The van der Waals surface area contributed by atoms with Crippen molar-refractivity contribution in [3.8, 4) is 22.3 Å². The molecule has 0 aliphatic heterocycles. The fourth-order valence-corrected chi connectivity index (χ4v) is 19.3. The molecule has 7 heteroatoms. The number of fused-ring (bicyclic) bond motifs is 2. The Hall–Kier alpha value is -2.43. The summed E-state index contributed by atoms with van der Waals surface area (Å²) in [6.07, 6.45) is 27.4. The van der Waals surface area contributed by atoms with Crippen molar-refractivity contribution in [2.24, 2.45) is 47.3 Å². The van der Waals surface area contributed by atoms with Crippen LogP contribution in [0.4, 0.5) is 13.2 Å². The normalized spacial score (nSPS) is 28.9. The minimum atomic E-state index is -3.93. The molecule has 0 amide bonds. The van der Waals surface area contributed by atoms with E-state index in [9.17, 15) is 13.2 Å². The van der Waals surface area contributed by atoms with Crippen molar-refractivity contribution in [1.29, 1.82) is 0 Å². The van der Waals surface area contributed by atoms with Gasteiger partial charge in [-0.25, -0.2) is 0 Å². The molecule has 10 aliphatic carbocycles. The Morgan fingerprint density at radius 3 is 1.16 bits per heavy atom. The van der Waals surface area contributed by atoms with Crippen LogP contribution in [0, 0.1) is 47.3 Å². The fraction of sp³-hybridized carbons (Fsp3) is 0.545. The molecular formula is C66H77Cl2F3SiZr-2. The Morgan fingerprint density at radius 1 is 0.521 bits per heavy atom. The third kappa shape index (κ3) is 11.9. The smallest absolute Gasteiger partial charge is 0.00391 e. The maximum absolute atomic E-state index is 11.4. The van der Waals surface area contributed by atoms with Crippen LogP contribution >= 0.6 is 0 Å². The van der Waals surface area contributed by atoms with Crippen LogP contribution in [-0.2, 0) is 47.0 Å². The van der Waals surface area contributed by atoms with Gasteiger partial charge in [0.15, 0.2) is 0 Å². The molecule has 0 heterocycles. The monoisotopic (exact) mass is 1110 g/mol. The van der Waals surface area contributed by atoms with Crippen LogP contribution in [0.15, 0.2) is 109 Å². The first-order valence-corrected chi connectivity index (χ1v) is 34.5. The third-order valence-corrected chi connectivity index (χ3v) is 22.9. The van der Waals surface area contributed by atoms with Gasteiger partial charge >= 0.3 is 67.1 Å². The van der Waals surface area contributed by atoms with Gasteiger partial charge < -0.3 is 24.8 Å². The number of hydrogen-bond donors (Lipinski definition) is 0. The minimum Gasteiger partial charge on any atom is -1.00 e. The number of halogens is 5. The molecule has 16 rings (SSSR count). The largest absolute Gasteiger partial charge is 1.00 e. The molecule has 6 aromatic rings. The summed E-state index contributed by atoms with van der Waals surface area (Å²) in [5.41, 5.74) is 12.5. The van der Waals surface area contributed by atoms with Gasteiger partial charge in [0.25, 0.3) is 0 Å². The summed E-state index contributed by atoms with van der Waals surface area (Å²) in [6.45, 7) is 1.93. The molecule has 0 aromatic heterocycles. The maximum Gasteiger partial charge on any atom is -0.00391 e. The second-order valence-electron chi connectivity index (χ2n) is 25.5. The first kappa shape index (κ1) is 53.9. The predicted octanol–water partition coefficient (Wildman–Crippen LogP) is 13.0. The zero-order chi connectivity index (χ0) is 48.3. The Morgan fingerprint density at radius 2 is 0.863 bits per heavy atom. The van der Waals surface area contributed by atoms with Crippen molar-refractivity contribution in [2.45, 2.75) is 177 Å².